The zero-order valence-corrected chi connectivity index (χ0v) is 13.7. The second-order valence-corrected chi connectivity index (χ2v) is 7.08. The molecule has 0 fully saturated rings. The lowest BCUT2D eigenvalue weighted by atomic mass is 10.4. The summed E-state index contributed by atoms with van der Waals surface area (Å²) >= 11 is 17.4. The van der Waals surface area contributed by atoms with Gasteiger partial charge >= 0.3 is 5.97 Å². The van der Waals surface area contributed by atoms with Gasteiger partial charge in [-0.3, -0.25) is 0 Å². The first kappa shape index (κ1) is 18.5. The molecule has 2 N–H and O–H groups in total. The van der Waals surface area contributed by atoms with Crippen molar-refractivity contribution in [3.63, 3.8) is 0 Å². The molecule has 0 aliphatic rings. The van der Waals surface area contributed by atoms with Crippen molar-refractivity contribution in [2.75, 3.05) is 25.6 Å². The molecule has 0 aliphatic carbocycles. The Hall–Kier alpha value is -0.570. The first-order valence-electron chi connectivity index (χ1n) is 5.61. The number of aliphatic carboxylic acids is 1. The molecule has 0 aromatic heterocycles. The summed E-state index contributed by atoms with van der Waals surface area (Å²) in [6.07, 6.45) is 0. The third-order valence-electron chi connectivity index (χ3n) is 2.21. The summed E-state index contributed by atoms with van der Waals surface area (Å²) in [5, 5.41) is 11.1. The molecule has 0 saturated heterocycles. The van der Waals surface area contributed by atoms with Crippen LogP contribution in [0.1, 0.15) is 0 Å². The van der Waals surface area contributed by atoms with Crippen molar-refractivity contribution in [2.24, 2.45) is 0 Å². The molecule has 1 rings (SSSR count). The van der Waals surface area contributed by atoms with Crippen LogP contribution in [0.4, 0.5) is 0 Å². The summed E-state index contributed by atoms with van der Waals surface area (Å²) in [7, 11) is -3.75. The van der Waals surface area contributed by atoms with E-state index in [0.29, 0.717) is 0 Å². The van der Waals surface area contributed by atoms with E-state index >= 15 is 0 Å². The molecule has 10 heteroatoms. The standard InChI is InChI=1S/C11H12Cl3NO5S/c12-7-3-8(13)11(9(14)4-7)21(18,19)6-15-1-2-20-5-10(16)17/h3-4,15H,1-2,5-6H2,(H,16,17). The van der Waals surface area contributed by atoms with Crippen LogP contribution < -0.4 is 5.32 Å². The highest BCUT2D eigenvalue weighted by Crippen LogP contribution is 2.33. The fourth-order valence-electron chi connectivity index (χ4n) is 1.41. The summed E-state index contributed by atoms with van der Waals surface area (Å²) in [6.45, 7) is -0.220. The summed E-state index contributed by atoms with van der Waals surface area (Å²) in [4.78, 5) is 10.00. The molecule has 21 heavy (non-hydrogen) atoms. The quantitative estimate of drug-likeness (QED) is 0.675. The van der Waals surface area contributed by atoms with Crippen LogP contribution in [0.15, 0.2) is 17.0 Å². The minimum absolute atomic E-state index is 0.0589. The second kappa shape index (κ2) is 8.17. The highest BCUT2D eigenvalue weighted by atomic mass is 35.5. The fraction of sp³-hybridized carbons (Fsp3) is 0.364. The molecule has 1 aromatic rings. The largest absolute Gasteiger partial charge is 0.480 e. The van der Waals surface area contributed by atoms with Crippen LogP contribution in [-0.2, 0) is 19.4 Å². The molecule has 0 amide bonds. The van der Waals surface area contributed by atoms with Gasteiger partial charge in [-0.25, -0.2) is 13.2 Å². The summed E-state index contributed by atoms with van der Waals surface area (Å²) < 4.78 is 29.0. The van der Waals surface area contributed by atoms with Gasteiger partial charge in [0.15, 0.2) is 9.84 Å². The molecule has 0 saturated carbocycles. The van der Waals surface area contributed by atoms with Gasteiger partial charge in [-0.2, -0.15) is 0 Å². The zero-order valence-electron chi connectivity index (χ0n) is 10.6. The van der Waals surface area contributed by atoms with Crippen molar-refractivity contribution in [1.82, 2.24) is 5.32 Å². The van der Waals surface area contributed by atoms with Crippen LogP contribution in [0, 0.1) is 0 Å². The van der Waals surface area contributed by atoms with Crippen LogP contribution in [0.5, 0.6) is 0 Å². The van der Waals surface area contributed by atoms with Gasteiger partial charge in [0.25, 0.3) is 0 Å². The first-order chi connectivity index (χ1) is 9.74. The molecule has 0 spiro atoms. The van der Waals surface area contributed by atoms with E-state index in [1.807, 2.05) is 0 Å². The van der Waals surface area contributed by atoms with Gasteiger partial charge in [0.2, 0.25) is 0 Å². The Balaban J connectivity index is 2.61. The number of nitrogens with one attached hydrogen (secondary N) is 1. The maximum absolute atomic E-state index is 12.1. The average molecular weight is 377 g/mol. The van der Waals surface area contributed by atoms with Gasteiger partial charge in [0.05, 0.1) is 16.7 Å². The van der Waals surface area contributed by atoms with Crippen molar-refractivity contribution in [3.05, 3.63) is 27.2 Å². The number of carbonyl (C=O) groups is 1. The lowest BCUT2D eigenvalue weighted by molar-refractivity contribution is -0.142. The van der Waals surface area contributed by atoms with E-state index in [2.05, 4.69) is 5.32 Å². The Morgan fingerprint density at radius 2 is 1.81 bits per heavy atom. The van der Waals surface area contributed by atoms with Gasteiger partial charge in [-0.05, 0) is 12.1 Å². The van der Waals surface area contributed by atoms with Gasteiger partial charge in [-0.1, -0.05) is 34.8 Å². The van der Waals surface area contributed by atoms with Gasteiger partial charge in [0, 0.05) is 11.6 Å². The van der Waals surface area contributed by atoms with E-state index in [4.69, 9.17) is 44.6 Å². The Labute approximate surface area is 136 Å². The number of sulfone groups is 1. The van der Waals surface area contributed by atoms with Crippen molar-refractivity contribution < 1.29 is 23.1 Å². The maximum atomic E-state index is 12.1. The van der Waals surface area contributed by atoms with Crippen LogP contribution in [-0.4, -0.2) is 45.1 Å². The highest BCUT2D eigenvalue weighted by Gasteiger charge is 2.22. The number of hydrogen-bond donors (Lipinski definition) is 2. The molecule has 0 radical (unpaired) electrons. The van der Waals surface area contributed by atoms with Crippen molar-refractivity contribution in [2.45, 2.75) is 4.90 Å². The number of rotatable bonds is 8. The maximum Gasteiger partial charge on any atom is 0.329 e. The van der Waals surface area contributed by atoms with E-state index in [9.17, 15) is 13.2 Å². The Morgan fingerprint density at radius 1 is 1.24 bits per heavy atom. The Bertz CT molecular complexity index is 597. The van der Waals surface area contributed by atoms with E-state index < -0.39 is 28.3 Å². The SMILES string of the molecule is O=C(O)COCCNCS(=O)(=O)c1c(Cl)cc(Cl)cc1Cl. The average Bonchev–Trinajstić information content (AvgIpc) is 2.31. The van der Waals surface area contributed by atoms with Gasteiger partial charge < -0.3 is 15.2 Å². The minimum atomic E-state index is -3.75. The molecular formula is C11H12Cl3NO5S. The monoisotopic (exact) mass is 375 g/mol. The summed E-state index contributed by atoms with van der Waals surface area (Å²) in [5.74, 6) is -1.51. The molecule has 6 nitrogen and oxygen atoms in total. The zero-order chi connectivity index (χ0) is 16.0. The molecule has 0 atom stereocenters. The molecule has 0 bridgehead atoms. The molecule has 0 unspecified atom stereocenters. The first-order valence-corrected chi connectivity index (χ1v) is 8.40. The van der Waals surface area contributed by atoms with Gasteiger partial charge in [-0.15, -0.1) is 0 Å². The minimum Gasteiger partial charge on any atom is -0.480 e. The predicted molar refractivity (Wildman–Crippen MR) is 80.0 cm³/mol. The third kappa shape index (κ3) is 5.98. The number of halogens is 3. The van der Waals surface area contributed by atoms with Crippen molar-refractivity contribution in [3.8, 4) is 0 Å². The molecule has 1 aromatic carbocycles. The predicted octanol–water partition coefficient (Wildman–Crippen LogP) is 2.07. The van der Waals surface area contributed by atoms with E-state index in [1.54, 1.807) is 0 Å². The van der Waals surface area contributed by atoms with E-state index in [1.165, 1.54) is 12.1 Å². The van der Waals surface area contributed by atoms with Crippen molar-refractivity contribution in [1.29, 1.82) is 0 Å². The van der Waals surface area contributed by atoms with E-state index in [-0.39, 0.29) is 33.1 Å². The van der Waals surface area contributed by atoms with Crippen molar-refractivity contribution >= 4 is 50.6 Å². The number of carboxylic acid groups (broad SMARTS) is 1. The Kier molecular flexibility index (Phi) is 7.19. The summed E-state index contributed by atoms with van der Waals surface area (Å²) in [5.41, 5.74) is 0. The van der Waals surface area contributed by atoms with Crippen LogP contribution in [0.3, 0.4) is 0 Å². The number of benzene rings is 1. The molecule has 118 valence electrons. The van der Waals surface area contributed by atoms with Gasteiger partial charge in [0.1, 0.15) is 17.4 Å². The lowest BCUT2D eigenvalue weighted by Gasteiger charge is -2.10. The van der Waals surface area contributed by atoms with Crippen LogP contribution in [0.2, 0.25) is 15.1 Å². The van der Waals surface area contributed by atoms with E-state index in [0.717, 1.165) is 0 Å². The number of hydrogen-bond acceptors (Lipinski definition) is 5. The third-order valence-corrected chi connectivity index (χ3v) is 4.90. The normalized spacial score (nSPS) is 11.6. The van der Waals surface area contributed by atoms with Crippen LogP contribution >= 0.6 is 34.8 Å². The number of carboxylic acids is 1. The fourth-order valence-corrected chi connectivity index (χ4v) is 4.20. The lowest BCUT2D eigenvalue weighted by Crippen LogP contribution is -2.27. The number of ether oxygens (including phenoxy) is 1. The summed E-state index contributed by atoms with van der Waals surface area (Å²) in [6, 6.07) is 2.58. The molecular weight excluding hydrogens is 365 g/mol. The molecule has 0 aliphatic heterocycles. The molecule has 0 heterocycles. The topological polar surface area (TPSA) is 92.7 Å². The Morgan fingerprint density at radius 3 is 2.33 bits per heavy atom. The smallest absolute Gasteiger partial charge is 0.329 e. The highest BCUT2D eigenvalue weighted by molar-refractivity contribution is 7.91. The van der Waals surface area contributed by atoms with Crippen LogP contribution in [0.25, 0.3) is 0 Å². The second-order valence-electron chi connectivity index (χ2n) is 3.90.